The summed E-state index contributed by atoms with van der Waals surface area (Å²) in [5.74, 6) is 1.12. The first-order valence-corrected chi connectivity index (χ1v) is 13.8. The van der Waals surface area contributed by atoms with Crippen molar-refractivity contribution in [3.8, 4) is 11.8 Å². The summed E-state index contributed by atoms with van der Waals surface area (Å²) in [5, 5.41) is 10.5. The van der Waals surface area contributed by atoms with Crippen LogP contribution in [0.25, 0.3) is 0 Å². The third kappa shape index (κ3) is 6.30. The van der Waals surface area contributed by atoms with Crippen LogP contribution in [0.5, 0.6) is 5.75 Å². The monoisotopic (exact) mass is 437 g/mol. The molecule has 0 N–H and O–H groups in total. The van der Waals surface area contributed by atoms with Crippen molar-refractivity contribution in [1.82, 2.24) is 0 Å². The van der Waals surface area contributed by atoms with Crippen LogP contribution in [0.15, 0.2) is 24.3 Å². The highest BCUT2D eigenvalue weighted by Crippen LogP contribution is 2.53. The Morgan fingerprint density at radius 2 is 1.47 bits per heavy atom. The predicted octanol–water partition coefficient (Wildman–Crippen LogP) is 9.13. The molecule has 2 aliphatic rings. The fraction of sp³-hybridized carbons (Fsp3) is 0.767. The lowest BCUT2D eigenvalue weighted by Crippen LogP contribution is -2.40. The van der Waals surface area contributed by atoms with Gasteiger partial charge in [0.25, 0.3) is 0 Å². The SMILES string of the molecule is CCCCCOc1ccc(C2(C(C#N)CC3(CCCC)CCCCC3)CCCCC2)cc1. The van der Waals surface area contributed by atoms with Gasteiger partial charge < -0.3 is 4.74 Å². The van der Waals surface area contributed by atoms with Gasteiger partial charge in [-0.1, -0.05) is 90.2 Å². The molecule has 1 aromatic rings. The molecule has 0 heterocycles. The van der Waals surface area contributed by atoms with Gasteiger partial charge in [0.1, 0.15) is 5.75 Å². The van der Waals surface area contributed by atoms with Gasteiger partial charge in [-0.25, -0.2) is 0 Å². The third-order valence-corrected chi connectivity index (χ3v) is 8.63. The number of nitrogens with zero attached hydrogens (tertiary/aromatic N) is 1. The molecule has 0 bridgehead atoms. The Hall–Kier alpha value is -1.49. The van der Waals surface area contributed by atoms with E-state index < -0.39 is 0 Å². The van der Waals surface area contributed by atoms with Gasteiger partial charge in [-0.15, -0.1) is 0 Å². The maximum absolute atomic E-state index is 10.5. The van der Waals surface area contributed by atoms with Gasteiger partial charge in [-0.05, 0) is 68.1 Å². The molecule has 3 rings (SSSR count). The molecule has 178 valence electrons. The number of hydrogen-bond donors (Lipinski definition) is 0. The Morgan fingerprint density at radius 1 is 0.844 bits per heavy atom. The molecule has 2 nitrogen and oxygen atoms in total. The van der Waals surface area contributed by atoms with E-state index >= 15 is 0 Å². The zero-order valence-corrected chi connectivity index (χ0v) is 21.0. The van der Waals surface area contributed by atoms with Crippen molar-refractivity contribution in [2.24, 2.45) is 11.3 Å². The maximum Gasteiger partial charge on any atom is 0.119 e. The van der Waals surface area contributed by atoms with E-state index in [0.29, 0.717) is 5.41 Å². The second-order valence-corrected chi connectivity index (χ2v) is 10.8. The van der Waals surface area contributed by atoms with Crippen LogP contribution in [-0.4, -0.2) is 6.61 Å². The summed E-state index contributed by atoms with van der Waals surface area (Å²) in [6, 6.07) is 11.8. The van der Waals surface area contributed by atoms with Gasteiger partial charge in [0, 0.05) is 5.41 Å². The van der Waals surface area contributed by atoms with Crippen molar-refractivity contribution >= 4 is 0 Å². The Kier molecular flexibility index (Phi) is 9.95. The quantitative estimate of drug-likeness (QED) is 0.305. The molecule has 0 aliphatic heterocycles. The molecule has 1 unspecified atom stereocenters. The van der Waals surface area contributed by atoms with Crippen LogP contribution in [0.2, 0.25) is 0 Å². The topological polar surface area (TPSA) is 33.0 Å². The second-order valence-electron chi connectivity index (χ2n) is 10.8. The molecule has 1 aromatic carbocycles. The lowest BCUT2D eigenvalue weighted by atomic mass is 9.56. The van der Waals surface area contributed by atoms with Crippen LogP contribution in [0.4, 0.5) is 0 Å². The summed E-state index contributed by atoms with van der Waals surface area (Å²) in [7, 11) is 0. The smallest absolute Gasteiger partial charge is 0.119 e. The van der Waals surface area contributed by atoms with E-state index in [1.165, 1.54) is 102 Å². The summed E-state index contributed by atoms with van der Waals surface area (Å²) in [6.45, 7) is 5.34. The summed E-state index contributed by atoms with van der Waals surface area (Å²) in [6.07, 6.45) is 21.6. The lowest BCUT2D eigenvalue weighted by molar-refractivity contribution is 0.0973. The fourth-order valence-corrected chi connectivity index (χ4v) is 6.65. The summed E-state index contributed by atoms with van der Waals surface area (Å²) in [5.41, 5.74) is 1.83. The van der Waals surface area contributed by atoms with Crippen LogP contribution < -0.4 is 4.74 Å². The first-order chi connectivity index (χ1) is 15.7. The highest BCUT2D eigenvalue weighted by molar-refractivity contribution is 5.35. The number of ether oxygens (including phenoxy) is 1. The molecule has 0 aromatic heterocycles. The van der Waals surface area contributed by atoms with E-state index in [9.17, 15) is 5.26 Å². The van der Waals surface area contributed by atoms with Gasteiger partial charge in [-0.3, -0.25) is 0 Å². The maximum atomic E-state index is 10.5. The van der Waals surface area contributed by atoms with Gasteiger partial charge in [-0.2, -0.15) is 5.26 Å². The number of hydrogen-bond acceptors (Lipinski definition) is 2. The normalized spacial score (nSPS) is 20.9. The van der Waals surface area contributed by atoms with Crippen molar-refractivity contribution < 1.29 is 4.74 Å². The molecule has 0 amide bonds. The minimum absolute atomic E-state index is 0.0321. The molecule has 2 fully saturated rings. The van der Waals surface area contributed by atoms with Crippen molar-refractivity contribution in [2.45, 2.75) is 128 Å². The second kappa shape index (κ2) is 12.7. The van der Waals surface area contributed by atoms with Crippen LogP contribution in [-0.2, 0) is 5.41 Å². The molecule has 32 heavy (non-hydrogen) atoms. The Bertz CT molecular complexity index is 689. The average molecular weight is 438 g/mol. The summed E-state index contributed by atoms with van der Waals surface area (Å²) >= 11 is 0. The zero-order chi connectivity index (χ0) is 22.7. The first kappa shape index (κ1) is 25.1. The Morgan fingerprint density at radius 3 is 2.06 bits per heavy atom. The molecule has 1 atom stereocenters. The largest absolute Gasteiger partial charge is 0.494 e. The van der Waals surface area contributed by atoms with E-state index in [1.807, 2.05) is 0 Å². The van der Waals surface area contributed by atoms with E-state index in [-0.39, 0.29) is 11.3 Å². The standard InChI is InChI=1S/C30H47NO/c1-3-5-13-23-32-28-16-14-26(15-17-28)30(21-11-8-12-22-30)27(25-31)24-29(18-6-4-2)19-9-7-10-20-29/h14-17,27H,3-13,18-24H2,1-2H3. The van der Waals surface area contributed by atoms with Crippen LogP contribution in [0.1, 0.15) is 129 Å². The van der Waals surface area contributed by atoms with E-state index in [1.54, 1.807) is 0 Å². The number of rotatable bonds is 12. The minimum atomic E-state index is 0.0321. The fourth-order valence-electron chi connectivity index (χ4n) is 6.65. The number of unbranched alkanes of at least 4 members (excludes halogenated alkanes) is 3. The highest BCUT2D eigenvalue weighted by Gasteiger charge is 2.45. The van der Waals surface area contributed by atoms with Crippen LogP contribution in [0, 0.1) is 22.7 Å². The van der Waals surface area contributed by atoms with Crippen LogP contribution >= 0.6 is 0 Å². The highest BCUT2D eigenvalue weighted by atomic mass is 16.5. The molecule has 2 heteroatoms. The van der Waals surface area contributed by atoms with Crippen molar-refractivity contribution in [3.05, 3.63) is 29.8 Å². The predicted molar refractivity (Wildman–Crippen MR) is 135 cm³/mol. The van der Waals surface area contributed by atoms with Crippen molar-refractivity contribution in [1.29, 1.82) is 5.26 Å². The van der Waals surface area contributed by atoms with E-state index in [0.717, 1.165) is 25.2 Å². The number of benzene rings is 1. The minimum Gasteiger partial charge on any atom is -0.494 e. The molecule has 2 aliphatic carbocycles. The Balaban J connectivity index is 1.80. The molecule has 2 saturated carbocycles. The summed E-state index contributed by atoms with van der Waals surface area (Å²) in [4.78, 5) is 0. The van der Waals surface area contributed by atoms with E-state index in [4.69, 9.17) is 4.74 Å². The first-order valence-electron chi connectivity index (χ1n) is 13.8. The van der Waals surface area contributed by atoms with E-state index in [2.05, 4.69) is 44.2 Å². The average Bonchev–Trinajstić information content (AvgIpc) is 2.85. The van der Waals surface area contributed by atoms with Gasteiger partial charge in [0.15, 0.2) is 0 Å². The third-order valence-electron chi connectivity index (χ3n) is 8.63. The van der Waals surface area contributed by atoms with Gasteiger partial charge in [0.2, 0.25) is 0 Å². The molecule has 0 spiro atoms. The van der Waals surface area contributed by atoms with Crippen molar-refractivity contribution in [3.63, 3.8) is 0 Å². The molecular formula is C30H47NO. The van der Waals surface area contributed by atoms with Gasteiger partial charge in [0.05, 0.1) is 18.6 Å². The molecular weight excluding hydrogens is 390 g/mol. The van der Waals surface area contributed by atoms with Gasteiger partial charge >= 0.3 is 0 Å². The van der Waals surface area contributed by atoms with Crippen LogP contribution in [0.3, 0.4) is 0 Å². The summed E-state index contributed by atoms with van der Waals surface area (Å²) < 4.78 is 5.99. The number of nitriles is 1. The molecule has 0 saturated heterocycles. The molecule has 0 radical (unpaired) electrons. The Labute approximate surface area is 198 Å². The zero-order valence-electron chi connectivity index (χ0n) is 21.0. The van der Waals surface area contributed by atoms with Crippen molar-refractivity contribution in [2.75, 3.05) is 6.61 Å². The lowest BCUT2D eigenvalue weighted by Gasteiger charge is -2.47.